The third-order valence-corrected chi connectivity index (χ3v) is 0.619. The van der Waals surface area contributed by atoms with E-state index in [-0.39, 0.29) is 0 Å². The quantitative estimate of drug-likeness (QED) is 0.614. The van der Waals surface area contributed by atoms with Crippen LogP contribution >= 0.6 is 0 Å². The number of amides is 1. The summed E-state index contributed by atoms with van der Waals surface area (Å²) in [6, 6.07) is 0. The molecular formula is C4H6F3NO2. The summed E-state index contributed by atoms with van der Waals surface area (Å²) < 4.78 is 37.7. The maximum absolute atomic E-state index is 11.3. The van der Waals surface area contributed by atoms with E-state index in [1.54, 1.807) is 0 Å². The number of rotatable bonds is 1. The van der Waals surface area contributed by atoms with Gasteiger partial charge in [-0.15, -0.1) is 0 Å². The molecular weight excluding hydrogens is 151 g/mol. The van der Waals surface area contributed by atoms with Crippen molar-refractivity contribution in [2.75, 3.05) is 13.7 Å². The maximum Gasteiger partial charge on any atom is 0.407 e. The highest BCUT2D eigenvalue weighted by Crippen LogP contribution is 2.11. The van der Waals surface area contributed by atoms with Crippen LogP contribution in [0.1, 0.15) is 0 Å². The lowest BCUT2D eigenvalue weighted by molar-refractivity contribution is -0.123. The molecule has 1 amide bonds. The first-order chi connectivity index (χ1) is 4.45. The van der Waals surface area contributed by atoms with Gasteiger partial charge < -0.3 is 10.1 Å². The van der Waals surface area contributed by atoms with Gasteiger partial charge in [-0.3, -0.25) is 0 Å². The zero-order chi connectivity index (χ0) is 8.20. The Bertz CT molecular complexity index is 122. The van der Waals surface area contributed by atoms with Gasteiger partial charge in [0.05, 0.1) is 7.11 Å². The van der Waals surface area contributed by atoms with Crippen LogP contribution in [0, 0.1) is 0 Å². The monoisotopic (exact) mass is 157 g/mol. The summed E-state index contributed by atoms with van der Waals surface area (Å²) >= 11 is 0. The number of methoxy groups -OCH3 is 1. The number of nitrogens with one attached hydrogen (secondary N) is 1. The van der Waals surface area contributed by atoms with E-state index in [0.717, 1.165) is 7.11 Å². The molecule has 1 N–H and O–H groups in total. The van der Waals surface area contributed by atoms with Gasteiger partial charge >= 0.3 is 12.3 Å². The SMILES string of the molecule is COC(=O)NCC(F)(F)F. The number of hydrogen-bond donors (Lipinski definition) is 1. The molecule has 3 nitrogen and oxygen atoms in total. The molecule has 0 unspecified atom stereocenters. The number of carbonyl (C=O) groups is 1. The normalized spacial score (nSPS) is 10.8. The van der Waals surface area contributed by atoms with Crippen LogP contribution in [-0.2, 0) is 4.74 Å². The van der Waals surface area contributed by atoms with Gasteiger partial charge in [0, 0.05) is 0 Å². The predicted octanol–water partition coefficient (Wildman–Crippen LogP) is 0.905. The van der Waals surface area contributed by atoms with E-state index in [1.165, 1.54) is 5.32 Å². The second kappa shape index (κ2) is 3.28. The minimum atomic E-state index is -4.38. The average Bonchev–Trinajstić information content (AvgIpc) is 1.81. The fourth-order valence-electron chi connectivity index (χ4n) is 0.245. The Labute approximate surface area is 55.2 Å². The lowest BCUT2D eigenvalue weighted by Crippen LogP contribution is -2.33. The molecule has 0 fully saturated rings. The first-order valence-electron chi connectivity index (χ1n) is 2.34. The number of hydrogen-bond acceptors (Lipinski definition) is 2. The van der Waals surface area contributed by atoms with E-state index in [4.69, 9.17) is 0 Å². The van der Waals surface area contributed by atoms with Crippen molar-refractivity contribution in [2.45, 2.75) is 6.18 Å². The van der Waals surface area contributed by atoms with Crippen LogP contribution in [0.15, 0.2) is 0 Å². The highest BCUT2D eigenvalue weighted by Gasteiger charge is 2.27. The van der Waals surface area contributed by atoms with Crippen molar-refractivity contribution in [3.63, 3.8) is 0 Å². The fourth-order valence-corrected chi connectivity index (χ4v) is 0.245. The lowest BCUT2D eigenvalue weighted by Gasteiger charge is -2.05. The van der Waals surface area contributed by atoms with Crippen LogP contribution < -0.4 is 5.32 Å². The van der Waals surface area contributed by atoms with Gasteiger partial charge in [0.1, 0.15) is 6.54 Å². The molecule has 0 bridgehead atoms. The Hall–Kier alpha value is -0.940. The van der Waals surface area contributed by atoms with Crippen LogP contribution in [0.25, 0.3) is 0 Å². The Kier molecular flexibility index (Phi) is 2.98. The standard InChI is InChI=1S/C4H6F3NO2/c1-10-3(9)8-2-4(5,6)7/h2H2,1H3,(H,8,9). The molecule has 0 aromatic rings. The Morgan fingerprint density at radius 3 is 2.40 bits per heavy atom. The molecule has 0 aliphatic rings. The summed E-state index contributed by atoms with van der Waals surface area (Å²) in [7, 11) is 0.992. The van der Waals surface area contributed by atoms with E-state index in [9.17, 15) is 18.0 Å². The number of ether oxygens (including phenoxy) is 1. The third kappa shape index (κ3) is 5.20. The average molecular weight is 157 g/mol. The van der Waals surface area contributed by atoms with Crippen molar-refractivity contribution < 1.29 is 22.7 Å². The molecule has 0 heterocycles. The molecule has 0 saturated heterocycles. The first kappa shape index (κ1) is 9.06. The van der Waals surface area contributed by atoms with E-state index in [1.807, 2.05) is 0 Å². The molecule has 0 spiro atoms. The van der Waals surface area contributed by atoms with Gasteiger partial charge in [-0.2, -0.15) is 13.2 Å². The van der Waals surface area contributed by atoms with E-state index in [2.05, 4.69) is 4.74 Å². The molecule has 0 aromatic heterocycles. The minimum Gasteiger partial charge on any atom is -0.453 e. The van der Waals surface area contributed by atoms with Gasteiger partial charge in [0.15, 0.2) is 0 Å². The van der Waals surface area contributed by atoms with Crippen molar-refractivity contribution >= 4 is 6.09 Å². The molecule has 0 aliphatic heterocycles. The Balaban J connectivity index is 3.46. The first-order valence-corrected chi connectivity index (χ1v) is 2.34. The largest absolute Gasteiger partial charge is 0.453 e. The molecule has 0 saturated carbocycles. The molecule has 6 heteroatoms. The van der Waals surface area contributed by atoms with E-state index in [0.29, 0.717) is 0 Å². The second-order valence-corrected chi connectivity index (χ2v) is 1.46. The number of halogens is 3. The topological polar surface area (TPSA) is 38.3 Å². The van der Waals surface area contributed by atoms with E-state index >= 15 is 0 Å². The van der Waals surface area contributed by atoms with Crippen molar-refractivity contribution in [2.24, 2.45) is 0 Å². The van der Waals surface area contributed by atoms with Crippen molar-refractivity contribution in [3.8, 4) is 0 Å². The highest BCUT2D eigenvalue weighted by molar-refractivity contribution is 5.66. The van der Waals surface area contributed by atoms with Gasteiger partial charge in [0.2, 0.25) is 0 Å². The molecule has 0 radical (unpaired) electrons. The fraction of sp³-hybridized carbons (Fsp3) is 0.750. The molecule has 0 atom stereocenters. The van der Waals surface area contributed by atoms with Crippen LogP contribution in [0.3, 0.4) is 0 Å². The molecule has 0 aromatic carbocycles. The Morgan fingerprint density at radius 1 is 1.60 bits per heavy atom. The van der Waals surface area contributed by atoms with Crippen molar-refractivity contribution in [1.82, 2.24) is 5.32 Å². The summed E-state index contributed by atoms with van der Waals surface area (Å²) in [4.78, 5) is 10.0. The van der Waals surface area contributed by atoms with E-state index < -0.39 is 18.8 Å². The molecule has 0 aliphatic carbocycles. The minimum absolute atomic E-state index is 0.992. The summed E-state index contributed by atoms with van der Waals surface area (Å²) in [5.41, 5.74) is 0. The number of alkyl halides is 3. The summed E-state index contributed by atoms with van der Waals surface area (Å²) in [5, 5.41) is 1.49. The van der Waals surface area contributed by atoms with Gasteiger partial charge in [0.25, 0.3) is 0 Å². The van der Waals surface area contributed by atoms with Crippen LogP contribution in [0.2, 0.25) is 0 Å². The van der Waals surface area contributed by atoms with Gasteiger partial charge in [-0.1, -0.05) is 0 Å². The van der Waals surface area contributed by atoms with Crippen LogP contribution in [0.5, 0.6) is 0 Å². The summed E-state index contributed by atoms with van der Waals surface area (Å²) in [6.07, 6.45) is -5.47. The Morgan fingerprint density at radius 2 is 2.10 bits per heavy atom. The van der Waals surface area contributed by atoms with Crippen LogP contribution in [-0.4, -0.2) is 25.9 Å². The second-order valence-electron chi connectivity index (χ2n) is 1.46. The lowest BCUT2D eigenvalue weighted by atomic mass is 10.6. The molecule has 60 valence electrons. The third-order valence-electron chi connectivity index (χ3n) is 0.619. The maximum atomic E-state index is 11.3. The number of carbonyl (C=O) groups excluding carboxylic acids is 1. The van der Waals surface area contributed by atoms with Gasteiger partial charge in [-0.25, -0.2) is 4.79 Å². The highest BCUT2D eigenvalue weighted by atomic mass is 19.4. The van der Waals surface area contributed by atoms with Crippen molar-refractivity contribution in [1.29, 1.82) is 0 Å². The van der Waals surface area contributed by atoms with Crippen molar-refractivity contribution in [3.05, 3.63) is 0 Å². The van der Waals surface area contributed by atoms with Crippen LogP contribution in [0.4, 0.5) is 18.0 Å². The zero-order valence-electron chi connectivity index (χ0n) is 5.16. The summed E-state index contributed by atoms with van der Waals surface area (Å²) in [6.45, 7) is -1.36. The smallest absolute Gasteiger partial charge is 0.407 e. The predicted molar refractivity (Wildman–Crippen MR) is 26.5 cm³/mol. The molecule has 0 rings (SSSR count). The number of alkyl carbamates (subject to hydrolysis) is 1. The zero-order valence-corrected chi connectivity index (χ0v) is 5.16. The molecule has 10 heavy (non-hydrogen) atoms. The summed E-state index contributed by atoms with van der Waals surface area (Å²) in [5.74, 6) is 0. The van der Waals surface area contributed by atoms with Gasteiger partial charge in [-0.05, 0) is 0 Å².